The second kappa shape index (κ2) is 8.42. The highest BCUT2D eigenvalue weighted by Gasteiger charge is 2.41. The van der Waals surface area contributed by atoms with Crippen LogP contribution in [0.4, 0.5) is 19.0 Å². The maximum absolute atomic E-state index is 12.8. The third-order valence-corrected chi connectivity index (χ3v) is 5.86. The largest absolute Gasteiger partial charge is 0.459 e. The van der Waals surface area contributed by atoms with E-state index in [0.29, 0.717) is 47.2 Å². The minimum absolute atomic E-state index is 0.0510. The lowest BCUT2D eigenvalue weighted by molar-refractivity contribution is -0.252. The first-order valence-electron chi connectivity index (χ1n) is 9.40. The van der Waals surface area contributed by atoms with E-state index in [9.17, 15) is 18.0 Å². The summed E-state index contributed by atoms with van der Waals surface area (Å²) in [6.07, 6.45) is -1.70. The van der Waals surface area contributed by atoms with E-state index in [0.717, 1.165) is 6.54 Å². The van der Waals surface area contributed by atoms with Crippen molar-refractivity contribution in [2.24, 2.45) is 0 Å². The number of likely N-dealkylation sites (tertiary alicyclic amines) is 1. The van der Waals surface area contributed by atoms with Gasteiger partial charge < -0.3 is 10.2 Å². The maximum atomic E-state index is 12.8. The van der Waals surface area contributed by atoms with Gasteiger partial charge >= 0.3 is 6.30 Å². The Kier molecular flexibility index (Phi) is 6.36. The van der Waals surface area contributed by atoms with Crippen LogP contribution in [-0.4, -0.2) is 78.8 Å². The number of anilines is 1. The SMILES string of the molecule is CNC(=O)c1cnc(N2CCN(C3CCN(C(F)(F)F)CC3)[C@@H](C)C2)c(Cl)c1. The molecule has 0 unspecified atom stereocenters. The summed E-state index contributed by atoms with van der Waals surface area (Å²) in [5.74, 6) is 0.386. The summed E-state index contributed by atoms with van der Waals surface area (Å²) in [7, 11) is 1.55. The van der Waals surface area contributed by atoms with Crippen molar-refractivity contribution in [1.82, 2.24) is 20.1 Å². The number of amides is 1. The molecular weight excluding hydrogens is 395 g/mol. The van der Waals surface area contributed by atoms with Gasteiger partial charge in [-0.25, -0.2) is 9.88 Å². The van der Waals surface area contributed by atoms with Crippen LogP contribution >= 0.6 is 11.6 Å². The molecule has 0 bridgehead atoms. The number of carbonyl (C=O) groups excluding carboxylic acids is 1. The van der Waals surface area contributed by atoms with Crippen LogP contribution in [0.5, 0.6) is 0 Å². The lowest BCUT2D eigenvalue weighted by Crippen LogP contribution is -2.58. The van der Waals surface area contributed by atoms with Crippen LogP contribution in [0.1, 0.15) is 30.1 Å². The standard InChI is InChI=1S/C18H25ClF3N5O/c1-12-11-25(16-15(19)9-13(10-24-16)17(28)23-2)7-8-27(12)14-3-5-26(6-4-14)18(20,21)22/h9-10,12,14H,3-8,11H2,1-2H3,(H,23,28)/t12-/m0/s1. The summed E-state index contributed by atoms with van der Waals surface area (Å²) in [6.45, 7) is 4.30. The number of alkyl halides is 3. The summed E-state index contributed by atoms with van der Waals surface area (Å²) in [6, 6.07) is 1.94. The molecule has 0 radical (unpaired) electrons. The van der Waals surface area contributed by atoms with Crippen LogP contribution in [0.15, 0.2) is 12.3 Å². The fourth-order valence-corrected chi connectivity index (χ4v) is 4.38. The van der Waals surface area contributed by atoms with Crippen molar-refractivity contribution in [2.75, 3.05) is 44.7 Å². The normalized spacial score (nSPS) is 23.1. The van der Waals surface area contributed by atoms with Crippen molar-refractivity contribution in [3.63, 3.8) is 0 Å². The topological polar surface area (TPSA) is 51.7 Å². The van der Waals surface area contributed by atoms with E-state index in [2.05, 4.69) is 27.0 Å². The molecule has 0 saturated carbocycles. The van der Waals surface area contributed by atoms with Crippen molar-refractivity contribution >= 4 is 23.3 Å². The molecule has 28 heavy (non-hydrogen) atoms. The third-order valence-electron chi connectivity index (χ3n) is 5.58. The Hall–Kier alpha value is -1.58. The highest BCUT2D eigenvalue weighted by Crippen LogP contribution is 2.31. The number of aromatic nitrogens is 1. The first-order valence-corrected chi connectivity index (χ1v) is 9.78. The average molecular weight is 420 g/mol. The van der Waals surface area contributed by atoms with Gasteiger partial charge in [0.05, 0.1) is 10.6 Å². The van der Waals surface area contributed by atoms with Gasteiger partial charge in [-0.05, 0) is 25.8 Å². The Morgan fingerprint density at radius 2 is 1.93 bits per heavy atom. The molecule has 6 nitrogen and oxygen atoms in total. The zero-order valence-corrected chi connectivity index (χ0v) is 16.7. The monoisotopic (exact) mass is 419 g/mol. The quantitative estimate of drug-likeness (QED) is 0.763. The van der Waals surface area contributed by atoms with Gasteiger partial charge in [-0.3, -0.25) is 9.69 Å². The van der Waals surface area contributed by atoms with Gasteiger partial charge in [-0.2, -0.15) is 13.2 Å². The van der Waals surface area contributed by atoms with Gasteiger partial charge in [0.15, 0.2) is 0 Å². The minimum Gasteiger partial charge on any atom is -0.355 e. The molecular formula is C18H25ClF3N5O. The number of halogens is 4. The summed E-state index contributed by atoms with van der Waals surface area (Å²) in [5, 5.41) is 2.95. The van der Waals surface area contributed by atoms with E-state index in [4.69, 9.17) is 11.6 Å². The molecule has 1 aromatic heterocycles. The fraction of sp³-hybridized carbons (Fsp3) is 0.667. The summed E-state index contributed by atoms with van der Waals surface area (Å²) in [5.41, 5.74) is 0.402. The number of piperidine rings is 1. The highest BCUT2D eigenvalue weighted by atomic mass is 35.5. The predicted octanol–water partition coefficient (Wildman–Crippen LogP) is 2.59. The van der Waals surface area contributed by atoms with Crippen molar-refractivity contribution in [3.8, 4) is 0 Å². The van der Waals surface area contributed by atoms with Crippen molar-refractivity contribution in [1.29, 1.82) is 0 Å². The zero-order chi connectivity index (χ0) is 20.5. The molecule has 1 amide bonds. The van der Waals surface area contributed by atoms with Crippen molar-refractivity contribution in [3.05, 3.63) is 22.8 Å². The fourth-order valence-electron chi connectivity index (χ4n) is 4.09. The molecule has 3 rings (SSSR count). The Morgan fingerprint density at radius 1 is 1.25 bits per heavy atom. The number of hydrogen-bond donors (Lipinski definition) is 1. The first kappa shape index (κ1) is 21.1. The van der Waals surface area contributed by atoms with E-state index in [-0.39, 0.29) is 31.1 Å². The second-order valence-electron chi connectivity index (χ2n) is 7.33. The highest BCUT2D eigenvalue weighted by molar-refractivity contribution is 6.33. The number of rotatable bonds is 3. The van der Waals surface area contributed by atoms with Crippen LogP contribution in [0.25, 0.3) is 0 Å². The smallest absolute Gasteiger partial charge is 0.355 e. The zero-order valence-electron chi connectivity index (χ0n) is 16.0. The Labute approximate surface area is 167 Å². The minimum atomic E-state index is -4.24. The average Bonchev–Trinajstić information content (AvgIpc) is 2.66. The Morgan fingerprint density at radius 3 is 2.46 bits per heavy atom. The van der Waals surface area contributed by atoms with E-state index < -0.39 is 6.30 Å². The van der Waals surface area contributed by atoms with Gasteiger partial charge in [0, 0.05) is 58.1 Å². The number of nitrogens with one attached hydrogen (secondary N) is 1. The Balaban J connectivity index is 1.61. The summed E-state index contributed by atoms with van der Waals surface area (Å²) in [4.78, 5) is 21.0. The van der Waals surface area contributed by atoms with Crippen molar-refractivity contribution < 1.29 is 18.0 Å². The van der Waals surface area contributed by atoms with Crippen molar-refractivity contribution in [2.45, 2.75) is 38.1 Å². The van der Waals surface area contributed by atoms with Gasteiger partial charge in [-0.15, -0.1) is 0 Å². The molecule has 0 aliphatic carbocycles. The van der Waals surface area contributed by atoms with Crippen LogP contribution in [-0.2, 0) is 0 Å². The molecule has 2 fully saturated rings. The molecule has 156 valence electrons. The number of hydrogen-bond acceptors (Lipinski definition) is 5. The maximum Gasteiger partial charge on any atom is 0.459 e. The van der Waals surface area contributed by atoms with Crippen LogP contribution in [0.2, 0.25) is 5.02 Å². The molecule has 3 heterocycles. The number of pyridine rings is 1. The molecule has 0 spiro atoms. The van der Waals surface area contributed by atoms with E-state index in [1.54, 1.807) is 13.1 Å². The van der Waals surface area contributed by atoms with Crippen LogP contribution < -0.4 is 10.2 Å². The summed E-state index contributed by atoms with van der Waals surface area (Å²) < 4.78 is 38.5. The van der Waals surface area contributed by atoms with Crippen LogP contribution in [0.3, 0.4) is 0 Å². The van der Waals surface area contributed by atoms with Gasteiger partial charge in [0.25, 0.3) is 5.91 Å². The number of nitrogens with zero attached hydrogens (tertiary/aromatic N) is 4. The molecule has 10 heteroatoms. The number of carbonyl (C=O) groups is 1. The molecule has 1 aromatic rings. The third kappa shape index (κ3) is 4.52. The summed E-state index contributed by atoms with van der Waals surface area (Å²) >= 11 is 6.35. The molecule has 0 aromatic carbocycles. The van der Waals surface area contributed by atoms with Crippen LogP contribution in [0, 0.1) is 0 Å². The molecule has 2 aliphatic heterocycles. The second-order valence-corrected chi connectivity index (χ2v) is 7.73. The first-order chi connectivity index (χ1) is 13.2. The predicted molar refractivity (Wildman–Crippen MR) is 102 cm³/mol. The molecule has 1 atom stereocenters. The molecule has 1 N–H and O–H groups in total. The lowest BCUT2D eigenvalue weighted by Gasteiger charge is -2.47. The van der Waals surface area contributed by atoms with Gasteiger partial charge in [-0.1, -0.05) is 11.6 Å². The van der Waals surface area contributed by atoms with E-state index in [1.807, 2.05) is 0 Å². The molecule has 2 aliphatic rings. The number of piperazine rings is 1. The van der Waals surface area contributed by atoms with E-state index >= 15 is 0 Å². The molecule has 2 saturated heterocycles. The lowest BCUT2D eigenvalue weighted by atomic mass is 10.00. The van der Waals surface area contributed by atoms with Gasteiger partial charge in [0.1, 0.15) is 5.82 Å². The Bertz CT molecular complexity index is 709. The van der Waals surface area contributed by atoms with Gasteiger partial charge in [0.2, 0.25) is 0 Å². The van der Waals surface area contributed by atoms with E-state index in [1.165, 1.54) is 6.20 Å².